The van der Waals surface area contributed by atoms with E-state index in [0.29, 0.717) is 22.4 Å². The van der Waals surface area contributed by atoms with Crippen LogP contribution in [-0.4, -0.2) is 10.5 Å². The molecule has 3 rings (SSSR count). The minimum Gasteiger partial charge on any atom is -0.408 e. The van der Waals surface area contributed by atoms with Crippen molar-refractivity contribution in [2.75, 3.05) is 5.32 Å². The van der Waals surface area contributed by atoms with Crippen LogP contribution in [0.2, 0.25) is 0 Å². The van der Waals surface area contributed by atoms with Gasteiger partial charge in [0.25, 0.3) is 0 Å². The normalized spacial score (nSPS) is 12.3. The molecule has 0 fully saturated rings. The molecule has 1 atom stereocenters. The van der Waals surface area contributed by atoms with Crippen LogP contribution in [0.25, 0.3) is 11.1 Å². The van der Waals surface area contributed by atoms with Crippen LogP contribution in [0.4, 0.5) is 10.1 Å². The van der Waals surface area contributed by atoms with Crippen molar-refractivity contribution in [3.8, 4) is 0 Å². The number of anilines is 1. The molecule has 0 saturated carbocycles. The van der Waals surface area contributed by atoms with Gasteiger partial charge in [-0.3, -0.25) is 9.36 Å². The third-order valence-electron chi connectivity index (χ3n) is 3.72. The summed E-state index contributed by atoms with van der Waals surface area (Å²) >= 11 is 0. The van der Waals surface area contributed by atoms with Gasteiger partial charge in [-0.25, -0.2) is 9.18 Å². The zero-order chi connectivity index (χ0) is 16.6. The first kappa shape index (κ1) is 15.0. The number of benzene rings is 2. The maximum absolute atomic E-state index is 13.6. The van der Waals surface area contributed by atoms with E-state index in [1.54, 1.807) is 50.2 Å². The van der Waals surface area contributed by atoms with Gasteiger partial charge in [-0.15, -0.1) is 0 Å². The second-order valence-electron chi connectivity index (χ2n) is 5.33. The average molecular weight is 314 g/mol. The number of hydrogen-bond donors (Lipinski definition) is 1. The largest absolute Gasteiger partial charge is 0.420 e. The number of carbonyl (C=O) groups is 1. The van der Waals surface area contributed by atoms with E-state index in [9.17, 15) is 14.0 Å². The third kappa shape index (κ3) is 2.75. The van der Waals surface area contributed by atoms with E-state index in [-0.39, 0.29) is 0 Å². The van der Waals surface area contributed by atoms with Crippen LogP contribution < -0.4 is 11.1 Å². The second-order valence-corrected chi connectivity index (χ2v) is 5.33. The molecule has 1 aromatic heterocycles. The summed E-state index contributed by atoms with van der Waals surface area (Å²) in [6.45, 7) is 3.23. The zero-order valence-electron chi connectivity index (χ0n) is 12.7. The standard InChI is InChI=1S/C17H15FN2O3/c1-10-7-8-12(9-13(10)18)19-16(21)11(2)20-14-5-3-4-6-15(14)23-17(20)22/h3-9,11H,1-2H3,(H,19,21). The summed E-state index contributed by atoms with van der Waals surface area (Å²) in [7, 11) is 0. The first-order valence-electron chi connectivity index (χ1n) is 7.14. The van der Waals surface area contributed by atoms with Crippen molar-refractivity contribution < 1.29 is 13.6 Å². The molecule has 1 N–H and O–H groups in total. The Kier molecular flexibility index (Phi) is 3.73. The van der Waals surface area contributed by atoms with Crippen molar-refractivity contribution in [1.82, 2.24) is 4.57 Å². The molecule has 0 radical (unpaired) electrons. The number of fused-ring (bicyclic) bond motifs is 1. The van der Waals surface area contributed by atoms with Crippen molar-refractivity contribution in [1.29, 1.82) is 0 Å². The number of amides is 1. The number of nitrogens with zero attached hydrogens (tertiary/aromatic N) is 1. The lowest BCUT2D eigenvalue weighted by atomic mass is 10.2. The van der Waals surface area contributed by atoms with Crippen LogP contribution in [0.1, 0.15) is 18.5 Å². The molecule has 1 heterocycles. The summed E-state index contributed by atoms with van der Waals surface area (Å²) in [6.07, 6.45) is 0. The van der Waals surface area contributed by atoms with Gasteiger partial charge in [0.15, 0.2) is 5.58 Å². The molecule has 2 aromatic carbocycles. The Morgan fingerprint density at radius 1 is 1.26 bits per heavy atom. The fourth-order valence-electron chi connectivity index (χ4n) is 2.39. The summed E-state index contributed by atoms with van der Waals surface area (Å²) in [5, 5.41) is 2.61. The Hall–Kier alpha value is -2.89. The highest BCUT2D eigenvalue weighted by molar-refractivity contribution is 5.94. The maximum atomic E-state index is 13.6. The SMILES string of the molecule is Cc1ccc(NC(=O)C(C)n2c(=O)oc3ccccc32)cc1F. The topological polar surface area (TPSA) is 64.2 Å². The first-order valence-corrected chi connectivity index (χ1v) is 7.14. The Morgan fingerprint density at radius 3 is 2.74 bits per heavy atom. The molecule has 0 bridgehead atoms. The quantitative estimate of drug-likeness (QED) is 0.807. The number of nitrogens with one attached hydrogen (secondary N) is 1. The molecule has 0 spiro atoms. The van der Waals surface area contributed by atoms with E-state index in [0.717, 1.165) is 0 Å². The number of rotatable bonds is 3. The van der Waals surface area contributed by atoms with E-state index in [1.807, 2.05) is 0 Å². The highest BCUT2D eigenvalue weighted by Crippen LogP contribution is 2.19. The Bertz CT molecular complexity index is 942. The fraction of sp³-hybridized carbons (Fsp3) is 0.176. The molecule has 5 nitrogen and oxygen atoms in total. The highest BCUT2D eigenvalue weighted by Gasteiger charge is 2.21. The van der Waals surface area contributed by atoms with Crippen molar-refractivity contribution in [2.24, 2.45) is 0 Å². The number of carbonyl (C=O) groups excluding carboxylic acids is 1. The lowest BCUT2D eigenvalue weighted by molar-refractivity contribution is -0.118. The van der Waals surface area contributed by atoms with E-state index < -0.39 is 23.5 Å². The molecule has 0 aliphatic heterocycles. The number of hydrogen-bond acceptors (Lipinski definition) is 3. The molecule has 0 aliphatic carbocycles. The van der Waals surface area contributed by atoms with Crippen LogP contribution in [0.15, 0.2) is 51.7 Å². The fourth-order valence-corrected chi connectivity index (χ4v) is 2.39. The van der Waals surface area contributed by atoms with Crippen LogP contribution in [-0.2, 0) is 4.79 Å². The number of aromatic nitrogens is 1. The Balaban J connectivity index is 1.91. The smallest absolute Gasteiger partial charge is 0.408 e. The molecule has 0 saturated heterocycles. The van der Waals surface area contributed by atoms with E-state index >= 15 is 0 Å². The molecule has 3 aromatic rings. The molecule has 6 heteroatoms. The molecule has 0 aliphatic rings. The predicted octanol–water partition coefficient (Wildman–Crippen LogP) is 3.24. The number of oxazole rings is 1. The average Bonchev–Trinajstić information content (AvgIpc) is 2.86. The van der Waals surface area contributed by atoms with Crippen molar-refractivity contribution in [3.63, 3.8) is 0 Å². The zero-order valence-corrected chi connectivity index (χ0v) is 12.7. The molecular formula is C17H15FN2O3. The van der Waals surface area contributed by atoms with Gasteiger partial charge >= 0.3 is 5.76 Å². The van der Waals surface area contributed by atoms with Gasteiger partial charge < -0.3 is 9.73 Å². The number of para-hydroxylation sites is 2. The van der Waals surface area contributed by atoms with Gasteiger partial charge in [-0.05, 0) is 43.7 Å². The van der Waals surface area contributed by atoms with Crippen molar-refractivity contribution >= 4 is 22.7 Å². The molecule has 23 heavy (non-hydrogen) atoms. The van der Waals surface area contributed by atoms with Gasteiger partial charge in [-0.2, -0.15) is 0 Å². The minimum atomic E-state index is -0.796. The van der Waals surface area contributed by atoms with E-state index in [2.05, 4.69) is 5.32 Å². The Labute approximate surface area is 131 Å². The van der Waals surface area contributed by atoms with Crippen LogP contribution >= 0.6 is 0 Å². The molecular weight excluding hydrogens is 299 g/mol. The summed E-state index contributed by atoms with van der Waals surface area (Å²) in [6, 6.07) is 10.5. The van der Waals surface area contributed by atoms with Gasteiger partial charge in [0.1, 0.15) is 11.9 Å². The lowest BCUT2D eigenvalue weighted by Gasteiger charge is -2.13. The van der Waals surface area contributed by atoms with E-state index in [1.165, 1.54) is 10.6 Å². The van der Waals surface area contributed by atoms with Crippen molar-refractivity contribution in [2.45, 2.75) is 19.9 Å². The third-order valence-corrected chi connectivity index (χ3v) is 3.72. The Morgan fingerprint density at radius 2 is 2.00 bits per heavy atom. The lowest BCUT2D eigenvalue weighted by Crippen LogP contribution is -2.29. The van der Waals surface area contributed by atoms with Crippen LogP contribution in [0.3, 0.4) is 0 Å². The number of aryl methyl sites for hydroxylation is 1. The van der Waals surface area contributed by atoms with E-state index in [4.69, 9.17) is 4.42 Å². The highest BCUT2D eigenvalue weighted by atomic mass is 19.1. The van der Waals surface area contributed by atoms with Crippen LogP contribution in [0.5, 0.6) is 0 Å². The monoisotopic (exact) mass is 314 g/mol. The molecule has 1 unspecified atom stereocenters. The van der Waals surface area contributed by atoms with Gasteiger partial charge in [0.05, 0.1) is 5.52 Å². The predicted molar refractivity (Wildman–Crippen MR) is 85.0 cm³/mol. The first-order chi connectivity index (χ1) is 11.0. The van der Waals surface area contributed by atoms with Gasteiger partial charge in [0.2, 0.25) is 5.91 Å². The van der Waals surface area contributed by atoms with Gasteiger partial charge in [0, 0.05) is 5.69 Å². The summed E-state index contributed by atoms with van der Waals surface area (Å²) in [5.41, 5.74) is 1.78. The van der Waals surface area contributed by atoms with Crippen molar-refractivity contribution in [3.05, 3.63) is 64.4 Å². The molecule has 1 amide bonds. The summed E-state index contributed by atoms with van der Waals surface area (Å²) in [4.78, 5) is 24.4. The second kappa shape index (κ2) is 5.72. The summed E-state index contributed by atoms with van der Waals surface area (Å²) in [5.74, 6) is -1.44. The van der Waals surface area contributed by atoms with Crippen LogP contribution in [0, 0.1) is 12.7 Å². The number of halogens is 1. The minimum absolute atomic E-state index is 0.339. The maximum Gasteiger partial charge on any atom is 0.420 e. The van der Waals surface area contributed by atoms with Gasteiger partial charge in [-0.1, -0.05) is 18.2 Å². The summed E-state index contributed by atoms with van der Waals surface area (Å²) < 4.78 is 20.0. The molecule has 118 valence electrons.